The van der Waals surface area contributed by atoms with Gasteiger partial charge in [0.05, 0.1) is 24.1 Å². The number of sulfonamides is 1. The van der Waals surface area contributed by atoms with Crippen molar-refractivity contribution in [2.45, 2.75) is 18.0 Å². The first-order chi connectivity index (χ1) is 14.3. The highest BCUT2D eigenvalue weighted by Crippen LogP contribution is 2.19. The molecule has 2 amide bonds. The molecule has 2 N–H and O–H groups in total. The van der Waals surface area contributed by atoms with Gasteiger partial charge in [-0.3, -0.25) is 0 Å². The van der Waals surface area contributed by atoms with Crippen molar-refractivity contribution >= 4 is 27.1 Å². The lowest BCUT2D eigenvalue weighted by Gasteiger charge is -2.11. The summed E-state index contributed by atoms with van der Waals surface area (Å²) in [6.07, 6.45) is 0. The zero-order chi connectivity index (χ0) is 21.7. The van der Waals surface area contributed by atoms with E-state index in [1.54, 1.807) is 17.9 Å². The second kappa shape index (κ2) is 9.09. The summed E-state index contributed by atoms with van der Waals surface area (Å²) in [6.45, 7) is 1.10. The van der Waals surface area contributed by atoms with E-state index in [4.69, 9.17) is 4.74 Å². The number of rotatable bonds is 8. The Morgan fingerprint density at radius 1 is 1.17 bits per heavy atom. The molecule has 0 aliphatic heterocycles. The number of amides is 2. The zero-order valence-electron chi connectivity index (χ0n) is 17.0. The van der Waals surface area contributed by atoms with Crippen molar-refractivity contribution in [2.75, 3.05) is 27.7 Å². The van der Waals surface area contributed by atoms with E-state index in [0.717, 1.165) is 15.6 Å². The summed E-state index contributed by atoms with van der Waals surface area (Å²) in [5, 5.41) is 13.6. The summed E-state index contributed by atoms with van der Waals surface area (Å²) >= 11 is 0. The second-order valence-electron chi connectivity index (χ2n) is 6.71. The van der Waals surface area contributed by atoms with E-state index in [-0.39, 0.29) is 10.9 Å². The number of fused-ring (bicyclic) bond motifs is 1. The lowest BCUT2D eigenvalue weighted by molar-refractivity contribution is 0.240. The van der Waals surface area contributed by atoms with Gasteiger partial charge in [0.15, 0.2) is 0 Å². The number of carbonyl (C=O) groups is 1. The number of nitrogens with one attached hydrogen (secondary N) is 2. The Labute approximate surface area is 174 Å². The molecule has 0 aliphatic rings. The number of urea groups is 1. The molecule has 0 aliphatic carbocycles. The van der Waals surface area contributed by atoms with E-state index in [1.165, 1.54) is 26.2 Å². The van der Waals surface area contributed by atoms with Gasteiger partial charge in [-0.05, 0) is 35.9 Å². The predicted octanol–water partition coefficient (Wildman–Crippen LogP) is 1.19. The van der Waals surface area contributed by atoms with Crippen molar-refractivity contribution in [3.8, 4) is 5.75 Å². The van der Waals surface area contributed by atoms with Crippen molar-refractivity contribution < 1.29 is 17.9 Å². The van der Waals surface area contributed by atoms with Gasteiger partial charge in [-0.15, -0.1) is 5.10 Å². The van der Waals surface area contributed by atoms with Crippen molar-refractivity contribution in [1.29, 1.82) is 0 Å². The molecule has 0 bridgehead atoms. The maximum atomic E-state index is 12.2. The van der Waals surface area contributed by atoms with Gasteiger partial charge < -0.3 is 15.4 Å². The summed E-state index contributed by atoms with van der Waals surface area (Å²) in [4.78, 5) is 12.2. The minimum absolute atomic E-state index is 0.155. The average Bonchev–Trinajstić information content (AvgIpc) is 3.14. The van der Waals surface area contributed by atoms with Crippen LogP contribution in [-0.4, -0.2) is 61.5 Å². The van der Waals surface area contributed by atoms with Crippen LogP contribution in [0.3, 0.4) is 0 Å². The quantitative estimate of drug-likeness (QED) is 0.552. The summed E-state index contributed by atoms with van der Waals surface area (Å²) in [5.74, 6) is 0.731. The molecule has 1 aromatic heterocycles. The Hall–Kier alpha value is -3.18. The van der Waals surface area contributed by atoms with Crippen LogP contribution in [0.2, 0.25) is 0 Å². The van der Waals surface area contributed by atoms with Crippen LogP contribution in [0.25, 0.3) is 11.0 Å². The lowest BCUT2D eigenvalue weighted by atomic mass is 10.2. The minimum Gasteiger partial charge on any atom is -0.497 e. The third-order valence-electron chi connectivity index (χ3n) is 4.46. The molecule has 0 spiro atoms. The van der Waals surface area contributed by atoms with Crippen molar-refractivity contribution in [2.24, 2.45) is 0 Å². The Bertz CT molecular complexity index is 1140. The number of aromatic nitrogens is 3. The topological polar surface area (TPSA) is 118 Å². The van der Waals surface area contributed by atoms with Gasteiger partial charge in [-0.25, -0.2) is 22.2 Å². The smallest absolute Gasteiger partial charge is 0.315 e. The van der Waals surface area contributed by atoms with Crippen molar-refractivity contribution in [3.05, 3.63) is 48.0 Å². The first kappa shape index (κ1) is 21.5. The molecule has 11 heteroatoms. The zero-order valence-corrected chi connectivity index (χ0v) is 17.8. The van der Waals surface area contributed by atoms with E-state index >= 15 is 0 Å². The molecule has 30 heavy (non-hydrogen) atoms. The van der Waals surface area contributed by atoms with Crippen molar-refractivity contribution in [1.82, 2.24) is 29.9 Å². The van der Waals surface area contributed by atoms with Crippen LogP contribution >= 0.6 is 0 Å². The number of methoxy groups -OCH3 is 1. The lowest BCUT2D eigenvalue weighted by Crippen LogP contribution is -2.36. The van der Waals surface area contributed by atoms with Gasteiger partial charge in [-0.1, -0.05) is 17.3 Å². The second-order valence-corrected chi connectivity index (χ2v) is 8.86. The summed E-state index contributed by atoms with van der Waals surface area (Å²) in [5.41, 5.74) is 2.09. The third kappa shape index (κ3) is 4.86. The molecular weight excluding hydrogens is 408 g/mol. The highest BCUT2D eigenvalue weighted by Gasteiger charge is 2.18. The van der Waals surface area contributed by atoms with Gasteiger partial charge in [0, 0.05) is 27.2 Å². The standard InChI is InChI=1S/C19H24N6O4S/c1-24(2)30(27,28)16-7-8-18-17(12-16)22-23-25(18)10-9-20-19(26)21-13-14-5-4-6-15(11-14)29-3/h4-8,11-12H,9-10,13H2,1-3H3,(H2,20,21,26). The molecule has 0 radical (unpaired) electrons. The number of carbonyl (C=O) groups excluding carboxylic acids is 1. The number of hydrogen-bond donors (Lipinski definition) is 2. The molecule has 3 rings (SSSR count). The Morgan fingerprint density at radius 3 is 2.70 bits per heavy atom. The van der Waals surface area contributed by atoms with E-state index < -0.39 is 10.0 Å². The van der Waals surface area contributed by atoms with Crippen LogP contribution in [0.1, 0.15) is 5.56 Å². The first-order valence-electron chi connectivity index (χ1n) is 9.21. The Balaban J connectivity index is 1.55. The van der Waals surface area contributed by atoms with Crippen LogP contribution < -0.4 is 15.4 Å². The molecule has 1 heterocycles. The van der Waals surface area contributed by atoms with Gasteiger partial charge >= 0.3 is 6.03 Å². The van der Waals surface area contributed by atoms with Gasteiger partial charge in [0.2, 0.25) is 10.0 Å². The van der Waals surface area contributed by atoms with Gasteiger partial charge in [0.25, 0.3) is 0 Å². The molecule has 0 saturated carbocycles. The predicted molar refractivity (Wildman–Crippen MR) is 112 cm³/mol. The van der Waals surface area contributed by atoms with E-state index in [9.17, 15) is 13.2 Å². The summed E-state index contributed by atoms with van der Waals surface area (Å²) in [7, 11) is 1.00. The monoisotopic (exact) mass is 432 g/mol. The Kier molecular flexibility index (Phi) is 6.53. The molecule has 3 aromatic rings. The van der Waals surface area contributed by atoms with Crippen LogP contribution in [-0.2, 0) is 23.1 Å². The number of benzene rings is 2. The maximum absolute atomic E-state index is 12.2. The molecular formula is C19H24N6O4S. The fourth-order valence-corrected chi connectivity index (χ4v) is 3.71. The highest BCUT2D eigenvalue weighted by atomic mass is 32.2. The van der Waals surface area contributed by atoms with Crippen LogP contribution in [0.5, 0.6) is 5.75 Å². The third-order valence-corrected chi connectivity index (χ3v) is 6.27. The van der Waals surface area contributed by atoms with Crippen molar-refractivity contribution in [3.63, 3.8) is 0 Å². The molecule has 0 unspecified atom stereocenters. The summed E-state index contributed by atoms with van der Waals surface area (Å²) in [6, 6.07) is 11.8. The minimum atomic E-state index is -3.54. The number of nitrogens with zero attached hydrogens (tertiary/aromatic N) is 4. The Morgan fingerprint density at radius 2 is 1.97 bits per heavy atom. The average molecular weight is 433 g/mol. The summed E-state index contributed by atoms with van der Waals surface area (Å²) < 4.78 is 32.4. The largest absolute Gasteiger partial charge is 0.497 e. The maximum Gasteiger partial charge on any atom is 0.315 e. The van der Waals surface area contributed by atoms with Crippen LogP contribution in [0, 0.1) is 0 Å². The van der Waals surface area contributed by atoms with Gasteiger partial charge in [0.1, 0.15) is 11.3 Å². The number of hydrogen-bond acceptors (Lipinski definition) is 6. The first-order valence-corrected chi connectivity index (χ1v) is 10.7. The van der Waals surface area contributed by atoms with Crippen LogP contribution in [0.4, 0.5) is 4.79 Å². The molecule has 2 aromatic carbocycles. The number of ether oxygens (including phenoxy) is 1. The molecule has 0 fully saturated rings. The van der Waals surface area contributed by atoms with E-state index in [0.29, 0.717) is 30.7 Å². The SMILES string of the molecule is COc1cccc(CNC(=O)NCCn2nnc3cc(S(=O)(=O)N(C)C)ccc32)c1. The molecule has 160 valence electrons. The fraction of sp³-hybridized carbons (Fsp3) is 0.316. The molecule has 10 nitrogen and oxygen atoms in total. The van der Waals surface area contributed by atoms with E-state index in [2.05, 4.69) is 20.9 Å². The fourth-order valence-electron chi connectivity index (χ4n) is 2.79. The normalized spacial score (nSPS) is 11.6. The molecule has 0 saturated heterocycles. The van der Waals surface area contributed by atoms with Crippen LogP contribution in [0.15, 0.2) is 47.4 Å². The van der Waals surface area contributed by atoms with Gasteiger partial charge in [-0.2, -0.15) is 0 Å². The van der Waals surface area contributed by atoms with E-state index in [1.807, 2.05) is 24.3 Å². The highest BCUT2D eigenvalue weighted by molar-refractivity contribution is 7.89. The molecule has 0 atom stereocenters.